The summed E-state index contributed by atoms with van der Waals surface area (Å²) in [6.07, 6.45) is 41.7. The molecule has 0 aromatic rings. The zero-order chi connectivity index (χ0) is 35.3. The monoisotopic (exact) mass is 673 g/mol. The number of allylic oxidation sites excluding steroid dienone is 8. The predicted octanol–water partition coefficient (Wildman–Crippen LogP) is 10.8. The highest BCUT2D eigenvalue weighted by molar-refractivity contribution is 5.69. The summed E-state index contributed by atoms with van der Waals surface area (Å²) in [6.45, 7) is 6.40. The van der Waals surface area contributed by atoms with Gasteiger partial charge in [-0.2, -0.15) is 0 Å². The standard InChI is InChI=1S/C42H72O6/c1-4-5-6-7-22-27-32-39(43)33-28-23-18-15-16-20-25-30-35-42(46)48-37-40(44)36-47-41(45)34-29-24-19-14-12-10-8-9-11-13-17-21-26-31-38(2)3/h5-6,16,18,20,22-23,27-28,33,38-40,43-44H,4,7-15,17,19,21,24-26,29-32,34-37H2,1-3H3/b6-5-,20-16-,23-18-,27-22-,33-28+/t39?,40-/m0/s1. The summed E-state index contributed by atoms with van der Waals surface area (Å²) in [5.41, 5.74) is 0. The molecule has 48 heavy (non-hydrogen) atoms. The van der Waals surface area contributed by atoms with Gasteiger partial charge in [-0.1, -0.05) is 165 Å². The van der Waals surface area contributed by atoms with Crippen molar-refractivity contribution in [1.82, 2.24) is 0 Å². The average molecular weight is 673 g/mol. The van der Waals surface area contributed by atoms with Crippen LogP contribution in [0.25, 0.3) is 0 Å². The Morgan fingerprint density at radius 3 is 1.67 bits per heavy atom. The van der Waals surface area contributed by atoms with Crippen LogP contribution >= 0.6 is 0 Å². The van der Waals surface area contributed by atoms with E-state index in [0.717, 1.165) is 50.9 Å². The quantitative estimate of drug-likeness (QED) is 0.0312. The van der Waals surface area contributed by atoms with Crippen molar-refractivity contribution in [3.05, 3.63) is 60.8 Å². The van der Waals surface area contributed by atoms with E-state index < -0.39 is 12.2 Å². The van der Waals surface area contributed by atoms with Gasteiger partial charge in [0.1, 0.15) is 19.3 Å². The average Bonchev–Trinajstić information content (AvgIpc) is 3.06. The van der Waals surface area contributed by atoms with Crippen LogP contribution < -0.4 is 0 Å². The third kappa shape index (κ3) is 36.4. The summed E-state index contributed by atoms with van der Waals surface area (Å²) in [5, 5.41) is 19.9. The minimum Gasteiger partial charge on any atom is -0.463 e. The molecule has 0 heterocycles. The fourth-order valence-corrected chi connectivity index (χ4v) is 5.10. The smallest absolute Gasteiger partial charge is 0.305 e. The lowest BCUT2D eigenvalue weighted by Crippen LogP contribution is -2.25. The Bertz CT molecular complexity index is 885. The van der Waals surface area contributed by atoms with Gasteiger partial charge >= 0.3 is 11.9 Å². The molecule has 0 aliphatic heterocycles. The van der Waals surface area contributed by atoms with Gasteiger partial charge in [0.05, 0.1) is 6.10 Å². The lowest BCUT2D eigenvalue weighted by molar-refractivity contribution is -0.152. The van der Waals surface area contributed by atoms with Crippen LogP contribution in [0.3, 0.4) is 0 Å². The number of aliphatic hydroxyl groups is 2. The molecule has 6 nitrogen and oxygen atoms in total. The predicted molar refractivity (Wildman–Crippen MR) is 202 cm³/mol. The molecular formula is C42H72O6. The Labute approximate surface area is 294 Å². The molecule has 0 saturated heterocycles. The number of hydrogen-bond donors (Lipinski definition) is 2. The SMILES string of the molecule is CC/C=C\C/C=C\CC(O)/C=C/C=C\C/C=C\CCCC(=O)OC[C@@H](O)COC(=O)CCCCCCCCCCCCCCCC(C)C. The van der Waals surface area contributed by atoms with Crippen molar-refractivity contribution in [2.75, 3.05) is 13.2 Å². The molecule has 0 aliphatic carbocycles. The van der Waals surface area contributed by atoms with Crippen LogP contribution in [-0.2, 0) is 19.1 Å². The highest BCUT2D eigenvalue weighted by Gasteiger charge is 2.12. The van der Waals surface area contributed by atoms with Gasteiger partial charge in [0, 0.05) is 12.8 Å². The van der Waals surface area contributed by atoms with E-state index in [2.05, 4.69) is 39.0 Å². The van der Waals surface area contributed by atoms with Crippen molar-refractivity contribution in [3.63, 3.8) is 0 Å². The van der Waals surface area contributed by atoms with Gasteiger partial charge in [-0.15, -0.1) is 0 Å². The van der Waals surface area contributed by atoms with Crippen LogP contribution in [0.4, 0.5) is 0 Å². The highest BCUT2D eigenvalue weighted by atomic mass is 16.6. The Hall–Kier alpha value is -2.44. The van der Waals surface area contributed by atoms with Crippen molar-refractivity contribution in [1.29, 1.82) is 0 Å². The van der Waals surface area contributed by atoms with Crippen LogP contribution in [0.5, 0.6) is 0 Å². The van der Waals surface area contributed by atoms with Gasteiger partial charge in [-0.05, 0) is 50.9 Å². The third-order valence-electron chi connectivity index (χ3n) is 8.03. The minimum absolute atomic E-state index is 0.150. The summed E-state index contributed by atoms with van der Waals surface area (Å²) in [6, 6.07) is 0. The number of carbonyl (C=O) groups is 2. The molecule has 0 bridgehead atoms. The number of hydrogen-bond acceptors (Lipinski definition) is 6. The van der Waals surface area contributed by atoms with Crippen LogP contribution in [0.15, 0.2) is 60.8 Å². The van der Waals surface area contributed by atoms with E-state index in [9.17, 15) is 19.8 Å². The molecular weight excluding hydrogens is 600 g/mol. The first-order valence-corrected chi connectivity index (χ1v) is 19.3. The Morgan fingerprint density at radius 1 is 0.583 bits per heavy atom. The minimum atomic E-state index is -1.01. The lowest BCUT2D eigenvalue weighted by atomic mass is 10.0. The van der Waals surface area contributed by atoms with Crippen molar-refractivity contribution in [2.24, 2.45) is 5.92 Å². The molecule has 6 heteroatoms. The number of aliphatic hydroxyl groups excluding tert-OH is 2. The van der Waals surface area contributed by atoms with Crippen molar-refractivity contribution < 1.29 is 29.3 Å². The van der Waals surface area contributed by atoms with Crippen molar-refractivity contribution >= 4 is 11.9 Å². The van der Waals surface area contributed by atoms with E-state index in [1.54, 1.807) is 6.08 Å². The molecule has 0 saturated carbocycles. The first-order valence-electron chi connectivity index (χ1n) is 19.3. The fourth-order valence-electron chi connectivity index (χ4n) is 5.10. The molecule has 0 amide bonds. The van der Waals surface area contributed by atoms with Crippen LogP contribution in [0.1, 0.15) is 162 Å². The summed E-state index contributed by atoms with van der Waals surface area (Å²) >= 11 is 0. The van der Waals surface area contributed by atoms with Crippen LogP contribution in [-0.4, -0.2) is 47.6 Å². The fraction of sp³-hybridized carbons (Fsp3) is 0.714. The number of carbonyl (C=O) groups excluding carboxylic acids is 2. The molecule has 276 valence electrons. The van der Waals surface area contributed by atoms with Gasteiger partial charge in [0.25, 0.3) is 0 Å². The van der Waals surface area contributed by atoms with Gasteiger partial charge in [-0.3, -0.25) is 9.59 Å². The molecule has 0 aromatic heterocycles. The normalized spacial score (nSPS) is 13.6. The number of ether oxygens (including phenoxy) is 2. The Morgan fingerprint density at radius 2 is 1.08 bits per heavy atom. The third-order valence-corrected chi connectivity index (χ3v) is 8.03. The summed E-state index contributed by atoms with van der Waals surface area (Å²) < 4.78 is 10.3. The summed E-state index contributed by atoms with van der Waals surface area (Å²) in [7, 11) is 0. The second-order valence-corrected chi connectivity index (χ2v) is 13.4. The number of esters is 2. The maximum Gasteiger partial charge on any atom is 0.305 e. The van der Waals surface area contributed by atoms with Crippen LogP contribution in [0, 0.1) is 5.92 Å². The number of unbranched alkanes of at least 4 members (excludes halogenated alkanes) is 13. The Balaban J connectivity index is 3.61. The van der Waals surface area contributed by atoms with Gasteiger partial charge in [-0.25, -0.2) is 0 Å². The first kappa shape index (κ1) is 45.6. The van der Waals surface area contributed by atoms with E-state index in [0.29, 0.717) is 19.3 Å². The molecule has 0 rings (SSSR count). The van der Waals surface area contributed by atoms with E-state index in [-0.39, 0.29) is 31.6 Å². The highest BCUT2D eigenvalue weighted by Crippen LogP contribution is 2.15. The molecule has 0 spiro atoms. The topological polar surface area (TPSA) is 93.1 Å². The molecule has 1 unspecified atom stereocenters. The molecule has 2 N–H and O–H groups in total. The van der Waals surface area contributed by atoms with Crippen molar-refractivity contribution in [2.45, 2.75) is 174 Å². The zero-order valence-corrected chi connectivity index (χ0v) is 31.0. The van der Waals surface area contributed by atoms with Crippen LogP contribution in [0.2, 0.25) is 0 Å². The summed E-state index contributed by atoms with van der Waals surface area (Å²) in [4.78, 5) is 23.9. The zero-order valence-electron chi connectivity index (χ0n) is 31.0. The van der Waals surface area contributed by atoms with E-state index in [1.165, 1.54) is 70.6 Å². The van der Waals surface area contributed by atoms with E-state index in [1.807, 2.05) is 36.5 Å². The van der Waals surface area contributed by atoms with E-state index >= 15 is 0 Å². The molecule has 0 aliphatic rings. The molecule has 2 atom stereocenters. The van der Waals surface area contributed by atoms with Gasteiger partial charge < -0.3 is 19.7 Å². The first-order chi connectivity index (χ1) is 23.3. The lowest BCUT2D eigenvalue weighted by Gasteiger charge is -2.12. The number of rotatable bonds is 33. The summed E-state index contributed by atoms with van der Waals surface area (Å²) in [5.74, 6) is 0.169. The second kappa shape index (κ2) is 35.9. The maximum absolute atomic E-state index is 12.0. The van der Waals surface area contributed by atoms with Gasteiger partial charge in [0.2, 0.25) is 0 Å². The maximum atomic E-state index is 12.0. The Kier molecular flexibility index (Phi) is 34.0. The van der Waals surface area contributed by atoms with E-state index in [4.69, 9.17) is 9.47 Å². The second-order valence-electron chi connectivity index (χ2n) is 13.4. The largest absolute Gasteiger partial charge is 0.463 e. The molecule has 0 aromatic carbocycles. The van der Waals surface area contributed by atoms with Crippen molar-refractivity contribution in [3.8, 4) is 0 Å². The van der Waals surface area contributed by atoms with Gasteiger partial charge in [0.15, 0.2) is 0 Å². The molecule has 0 fully saturated rings. The molecule has 0 radical (unpaired) electrons.